The van der Waals surface area contributed by atoms with Crippen LogP contribution in [0, 0.1) is 0 Å². The second kappa shape index (κ2) is 6.95. The van der Waals surface area contributed by atoms with E-state index in [1.807, 2.05) is 19.4 Å². The Hall–Kier alpha value is -1.81. The second-order valence-electron chi connectivity index (χ2n) is 4.53. The minimum absolute atomic E-state index is 0.748. The van der Waals surface area contributed by atoms with Crippen molar-refractivity contribution in [1.29, 1.82) is 0 Å². The third kappa shape index (κ3) is 3.83. The maximum Gasteiger partial charge on any atom is 0.110 e. The van der Waals surface area contributed by atoms with Gasteiger partial charge in [0.05, 0.1) is 6.61 Å². The number of hydrogen-bond donors (Lipinski definition) is 1. The van der Waals surface area contributed by atoms with Gasteiger partial charge < -0.3 is 14.6 Å². The Morgan fingerprint density at radius 3 is 2.84 bits per heavy atom. The molecule has 2 aromatic rings. The Morgan fingerprint density at radius 1 is 1.26 bits per heavy atom. The molecule has 0 spiro atoms. The quantitative estimate of drug-likeness (QED) is 0.829. The first-order chi connectivity index (χ1) is 9.31. The van der Waals surface area contributed by atoms with Crippen molar-refractivity contribution in [3.8, 4) is 0 Å². The standard InChI is InChI=1S/C15H21N3O/c1-18-11-10-17-15(18)7-9-16-14-6-4-3-5-13(14)8-12-19-2/h3-6,10-11,16H,7-9,12H2,1-2H3. The first-order valence-electron chi connectivity index (χ1n) is 6.58. The minimum Gasteiger partial charge on any atom is -0.384 e. The van der Waals surface area contributed by atoms with Gasteiger partial charge in [0.2, 0.25) is 0 Å². The average molecular weight is 259 g/mol. The minimum atomic E-state index is 0.748. The van der Waals surface area contributed by atoms with E-state index in [-0.39, 0.29) is 0 Å². The molecule has 0 saturated heterocycles. The highest BCUT2D eigenvalue weighted by atomic mass is 16.5. The Labute approximate surface area is 114 Å². The first kappa shape index (κ1) is 13.6. The van der Waals surface area contributed by atoms with Crippen molar-refractivity contribution < 1.29 is 4.74 Å². The number of anilines is 1. The van der Waals surface area contributed by atoms with Gasteiger partial charge in [-0.05, 0) is 18.1 Å². The van der Waals surface area contributed by atoms with Crippen LogP contribution in [0.4, 0.5) is 5.69 Å². The topological polar surface area (TPSA) is 39.1 Å². The largest absolute Gasteiger partial charge is 0.384 e. The number of benzene rings is 1. The van der Waals surface area contributed by atoms with Crippen molar-refractivity contribution in [2.24, 2.45) is 7.05 Å². The van der Waals surface area contributed by atoms with Crippen molar-refractivity contribution in [1.82, 2.24) is 9.55 Å². The lowest BCUT2D eigenvalue weighted by molar-refractivity contribution is 0.202. The van der Waals surface area contributed by atoms with E-state index in [4.69, 9.17) is 4.74 Å². The van der Waals surface area contributed by atoms with Gasteiger partial charge in [0, 0.05) is 45.2 Å². The molecule has 19 heavy (non-hydrogen) atoms. The van der Waals surface area contributed by atoms with Crippen LogP contribution in [0.15, 0.2) is 36.7 Å². The van der Waals surface area contributed by atoms with E-state index in [9.17, 15) is 0 Å². The van der Waals surface area contributed by atoms with Crippen LogP contribution in [-0.4, -0.2) is 29.8 Å². The normalized spacial score (nSPS) is 10.6. The summed E-state index contributed by atoms with van der Waals surface area (Å²) in [6.45, 7) is 1.63. The monoisotopic (exact) mass is 259 g/mol. The lowest BCUT2D eigenvalue weighted by Gasteiger charge is -2.11. The summed E-state index contributed by atoms with van der Waals surface area (Å²) < 4.78 is 7.19. The molecule has 4 heteroatoms. The van der Waals surface area contributed by atoms with Gasteiger partial charge in [0.25, 0.3) is 0 Å². The van der Waals surface area contributed by atoms with Gasteiger partial charge >= 0.3 is 0 Å². The summed E-state index contributed by atoms with van der Waals surface area (Å²) >= 11 is 0. The molecule has 0 fully saturated rings. The lowest BCUT2D eigenvalue weighted by atomic mass is 10.1. The number of methoxy groups -OCH3 is 1. The fourth-order valence-electron chi connectivity index (χ4n) is 2.07. The summed E-state index contributed by atoms with van der Waals surface area (Å²) in [6.07, 6.45) is 5.66. The van der Waals surface area contributed by atoms with E-state index < -0.39 is 0 Å². The van der Waals surface area contributed by atoms with Crippen molar-refractivity contribution in [3.63, 3.8) is 0 Å². The molecule has 102 valence electrons. The Bertz CT molecular complexity index is 508. The fourth-order valence-corrected chi connectivity index (χ4v) is 2.07. The molecule has 0 aliphatic carbocycles. The number of nitrogens with one attached hydrogen (secondary N) is 1. The molecule has 4 nitrogen and oxygen atoms in total. The number of aromatic nitrogens is 2. The molecular weight excluding hydrogens is 238 g/mol. The summed E-state index contributed by atoms with van der Waals surface area (Å²) in [7, 11) is 3.76. The molecule has 2 rings (SSSR count). The average Bonchev–Trinajstić information content (AvgIpc) is 2.83. The molecule has 0 aliphatic rings. The zero-order valence-electron chi connectivity index (χ0n) is 11.6. The number of nitrogens with zero attached hydrogens (tertiary/aromatic N) is 2. The smallest absolute Gasteiger partial charge is 0.110 e. The highest BCUT2D eigenvalue weighted by molar-refractivity contribution is 5.51. The second-order valence-corrected chi connectivity index (χ2v) is 4.53. The summed E-state index contributed by atoms with van der Waals surface area (Å²) in [4.78, 5) is 4.32. The summed E-state index contributed by atoms with van der Waals surface area (Å²) in [6, 6.07) is 8.37. The highest BCUT2D eigenvalue weighted by Gasteiger charge is 2.02. The van der Waals surface area contributed by atoms with Crippen LogP contribution in [-0.2, 0) is 24.6 Å². The molecule has 1 aromatic heterocycles. The highest BCUT2D eigenvalue weighted by Crippen LogP contribution is 2.15. The van der Waals surface area contributed by atoms with E-state index in [0.717, 1.165) is 31.8 Å². The molecule has 0 bridgehead atoms. The number of ether oxygens (including phenoxy) is 1. The molecule has 0 radical (unpaired) electrons. The third-order valence-electron chi connectivity index (χ3n) is 3.18. The summed E-state index contributed by atoms with van der Waals surface area (Å²) in [5, 5.41) is 3.48. The van der Waals surface area contributed by atoms with Crippen LogP contribution in [0.5, 0.6) is 0 Å². The Morgan fingerprint density at radius 2 is 2.11 bits per heavy atom. The van der Waals surface area contributed by atoms with Gasteiger partial charge in [0.1, 0.15) is 5.82 Å². The van der Waals surface area contributed by atoms with E-state index in [2.05, 4.69) is 39.1 Å². The number of imidazole rings is 1. The number of aryl methyl sites for hydroxylation is 1. The maximum absolute atomic E-state index is 5.14. The molecule has 0 atom stereocenters. The molecule has 1 heterocycles. The van der Waals surface area contributed by atoms with Crippen LogP contribution in [0.3, 0.4) is 0 Å². The Balaban J connectivity index is 1.90. The molecular formula is C15H21N3O. The van der Waals surface area contributed by atoms with E-state index in [0.29, 0.717) is 0 Å². The SMILES string of the molecule is COCCc1ccccc1NCCc1nccn1C. The van der Waals surface area contributed by atoms with Crippen LogP contribution >= 0.6 is 0 Å². The molecule has 0 saturated carbocycles. The van der Waals surface area contributed by atoms with Crippen LogP contribution < -0.4 is 5.32 Å². The van der Waals surface area contributed by atoms with Gasteiger partial charge in [-0.3, -0.25) is 0 Å². The van der Waals surface area contributed by atoms with Gasteiger partial charge in [-0.1, -0.05) is 18.2 Å². The van der Waals surface area contributed by atoms with Crippen LogP contribution in [0.1, 0.15) is 11.4 Å². The zero-order chi connectivity index (χ0) is 13.5. The van der Waals surface area contributed by atoms with Crippen molar-refractivity contribution >= 4 is 5.69 Å². The van der Waals surface area contributed by atoms with E-state index in [1.165, 1.54) is 11.3 Å². The predicted octanol–water partition coefficient (Wildman–Crippen LogP) is 2.26. The molecule has 1 aromatic carbocycles. The number of rotatable bonds is 7. The summed E-state index contributed by atoms with van der Waals surface area (Å²) in [5.41, 5.74) is 2.48. The Kier molecular flexibility index (Phi) is 4.98. The summed E-state index contributed by atoms with van der Waals surface area (Å²) in [5.74, 6) is 1.10. The van der Waals surface area contributed by atoms with Crippen molar-refractivity contribution in [3.05, 3.63) is 48.0 Å². The van der Waals surface area contributed by atoms with Gasteiger partial charge in [0.15, 0.2) is 0 Å². The van der Waals surface area contributed by atoms with E-state index in [1.54, 1.807) is 7.11 Å². The van der Waals surface area contributed by atoms with Crippen molar-refractivity contribution in [2.45, 2.75) is 12.8 Å². The van der Waals surface area contributed by atoms with Crippen LogP contribution in [0.25, 0.3) is 0 Å². The van der Waals surface area contributed by atoms with Crippen LogP contribution in [0.2, 0.25) is 0 Å². The zero-order valence-corrected chi connectivity index (χ0v) is 11.6. The first-order valence-corrected chi connectivity index (χ1v) is 6.58. The van der Waals surface area contributed by atoms with E-state index >= 15 is 0 Å². The number of hydrogen-bond acceptors (Lipinski definition) is 3. The number of para-hydroxylation sites is 1. The molecule has 0 amide bonds. The van der Waals surface area contributed by atoms with Crippen molar-refractivity contribution in [2.75, 3.05) is 25.6 Å². The molecule has 0 unspecified atom stereocenters. The van der Waals surface area contributed by atoms with Gasteiger partial charge in [-0.2, -0.15) is 0 Å². The maximum atomic E-state index is 5.14. The van der Waals surface area contributed by atoms with Gasteiger partial charge in [-0.15, -0.1) is 0 Å². The fraction of sp³-hybridized carbons (Fsp3) is 0.400. The molecule has 0 aliphatic heterocycles. The predicted molar refractivity (Wildman–Crippen MR) is 77.4 cm³/mol. The van der Waals surface area contributed by atoms with Gasteiger partial charge in [-0.25, -0.2) is 4.98 Å². The molecule has 1 N–H and O–H groups in total. The third-order valence-corrected chi connectivity index (χ3v) is 3.18. The lowest BCUT2D eigenvalue weighted by Crippen LogP contribution is -2.10.